The van der Waals surface area contributed by atoms with E-state index in [-0.39, 0.29) is 23.1 Å². The Labute approximate surface area is 126 Å². The topological polar surface area (TPSA) is 120 Å². The minimum atomic E-state index is -0.622. The number of likely N-dealkylation sites (N-methyl/N-ethyl adjacent to an activating group) is 1. The van der Waals surface area contributed by atoms with Crippen LogP contribution in [0.5, 0.6) is 0 Å². The molecule has 2 heterocycles. The smallest absolute Gasteiger partial charge is 0.325 e. The molecule has 0 aliphatic heterocycles. The monoisotopic (exact) mass is 305 g/mol. The number of hydrogen-bond donors (Lipinski definition) is 4. The first-order valence-electron chi connectivity index (χ1n) is 7.06. The van der Waals surface area contributed by atoms with Crippen LogP contribution in [0.1, 0.15) is 30.6 Å². The third-order valence-corrected chi connectivity index (χ3v) is 3.66. The Bertz CT molecular complexity index is 748. The zero-order valence-electron chi connectivity index (χ0n) is 12.7. The summed E-state index contributed by atoms with van der Waals surface area (Å²) in [7, 11) is 1.53. The molecule has 2 rings (SSSR count). The Morgan fingerprint density at radius 2 is 2.09 bits per heavy atom. The van der Waals surface area contributed by atoms with Crippen molar-refractivity contribution >= 4 is 23.0 Å². The Balaban J connectivity index is 2.24. The van der Waals surface area contributed by atoms with Crippen molar-refractivity contribution in [1.82, 2.24) is 25.6 Å². The molecule has 0 radical (unpaired) electrons. The van der Waals surface area contributed by atoms with Gasteiger partial charge in [-0.1, -0.05) is 20.3 Å². The van der Waals surface area contributed by atoms with Crippen molar-refractivity contribution in [3.05, 3.63) is 28.3 Å². The highest BCUT2D eigenvalue weighted by Gasteiger charge is 2.25. The molecule has 0 spiro atoms. The lowest BCUT2D eigenvalue weighted by atomic mass is 9.98. The van der Waals surface area contributed by atoms with Crippen molar-refractivity contribution in [3.8, 4) is 0 Å². The van der Waals surface area contributed by atoms with Crippen LogP contribution in [0.25, 0.3) is 11.2 Å². The van der Waals surface area contributed by atoms with Crippen molar-refractivity contribution < 1.29 is 9.59 Å². The van der Waals surface area contributed by atoms with E-state index in [1.807, 2.05) is 13.8 Å². The molecule has 2 aromatic heterocycles. The van der Waals surface area contributed by atoms with Gasteiger partial charge in [0.15, 0.2) is 5.65 Å². The SMILES string of the molecule is CC[C@H](C)[C@H](NC(=O)c1cnc2[nH]c(=O)[nH]c2c1)C(=O)NC. The van der Waals surface area contributed by atoms with E-state index >= 15 is 0 Å². The molecule has 8 nitrogen and oxygen atoms in total. The third-order valence-electron chi connectivity index (χ3n) is 3.66. The van der Waals surface area contributed by atoms with Gasteiger partial charge in [0.05, 0.1) is 11.1 Å². The molecule has 2 aromatic rings. The first-order valence-corrected chi connectivity index (χ1v) is 7.06. The summed E-state index contributed by atoms with van der Waals surface area (Å²) in [6, 6.07) is 0.899. The summed E-state index contributed by atoms with van der Waals surface area (Å²) < 4.78 is 0. The van der Waals surface area contributed by atoms with Gasteiger partial charge < -0.3 is 15.6 Å². The fraction of sp³-hybridized carbons (Fsp3) is 0.429. The lowest BCUT2D eigenvalue weighted by molar-refractivity contribution is -0.123. The number of rotatable bonds is 5. The van der Waals surface area contributed by atoms with Gasteiger partial charge in [0.25, 0.3) is 5.91 Å². The van der Waals surface area contributed by atoms with Crippen LogP contribution in [0.3, 0.4) is 0 Å². The third kappa shape index (κ3) is 3.16. The highest BCUT2D eigenvalue weighted by molar-refractivity contribution is 5.99. The molecular formula is C14H19N5O3. The highest BCUT2D eigenvalue weighted by Crippen LogP contribution is 2.11. The number of carbonyl (C=O) groups is 2. The number of hydrogen-bond acceptors (Lipinski definition) is 4. The molecule has 8 heteroatoms. The van der Waals surface area contributed by atoms with Crippen molar-refractivity contribution in [3.63, 3.8) is 0 Å². The molecule has 0 saturated carbocycles. The minimum absolute atomic E-state index is 0.00680. The summed E-state index contributed by atoms with van der Waals surface area (Å²) in [5.74, 6) is -0.662. The van der Waals surface area contributed by atoms with Gasteiger partial charge in [-0.2, -0.15) is 0 Å². The summed E-state index contributed by atoms with van der Waals surface area (Å²) in [5, 5.41) is 5.26. The quantitative estimate of drug-likeness (QED) is 0.628. The second-order valence-electron chi connectivity index (χ2n) is 5.15. The van der Waals surface area contributed by atoms with E-state index < -0.39 is 11.9 Å². The van der Waals surface area contributed by atoms with E-state index in [4.69, 9.17) is 0 Å². The maximum Gasteiger partial charge on any atom is 0.325 e. The number of amides is 2. The van der Waals surface area contributed by atoms with E-state index in [0.29, 0.717) is 11.2 Å². The van der Waals surface area contributed by atoms with E-state index in [0.717, 1.165) is 6.42 Å². The Hall–Kier alpha value is -2.64. The fourth-order valence-electron chi connectivity index (χ4n) is 2.13. The van der Waals surface area contributed by atoms with Crippen LogP contribution in [-0.2, 0) is 4.79 Å². The van der Waals surface area contributed by atoms with Crippen LogP contribution in [0.15, 0.2) is 17.1 Å². The van der Waals surface area contributed by atoms with Gasteiger partial charge in [0.2, 0.25) is 5.91 Å². The van der Waals surface area contributed by atoms with Crippen molar-refractivity contribution in [2.24, 2.45) is 5.92 Å². The first-order chi connectivity index (χ1) is 10.5. The Kier molecular flexibility index (Phi) is 4.59. The fourth-order valence-corrected chi connectivity index (χ4v) is 2.13. The average molecular weight is 305 g/mol. The van der Waals surface area contributed by atoms with E-state index in [9.17, 15) is 14.4 Å². The molecule has 0 aromatic carbocycles. The van der Waals surface area contributed by atoms with Gasteiger partial charge in [-0.3, -0.25) is 14.6 Å². The predicted octanol–water partition coefficient (Wildman–Crippen LogP) is 0.142. The zero-order valence-corrected chi connectivity index (χ0v) is 12.7. The molecular weight excluding hydrogens is 286 g/mol. The van der Waals surface area contributed by atoms with E-state index in [1.165, 1.54) is 19.3 Å². The van der Waals surface area contributed by atoms with Gasteiger partial charge >= 0.3 is 5.69 Å². The minimum Gasteiger partial charge on any atom is -0.357 e. The number of aromatic nitrogens is 3. The molecule has 22 heavy (non-hydrogen) atoms. The van der Waals surface area contributed by atoms with Crippen LogP contribution in [0.2, 0.25) is 0 Å². The number of carbonyl (C=O) groups excluding carboxylic acids is 2. The molecule has 0 unspecified atom stereocenters. The van der Waals surface area contributed by atoms with Crippen molar-refractivity contribution in [2.45, 2.75) is 26.3 Å². The number of imidazole rings is 1. The lowest BCUT2D eigenvalue weighted by Crippen LogP contribution is -2.49. The Morgan fingerprint density at radius 1 is 1.36 bits per heavy atom. The van der Waals surface area contributed by atoms with Gasteiger partial charge in [0.1, 0.15) is 6.04 Å². The molecule has 2 amide bonds. The predicted molar refractivity (Wildman–Crippen MR) is 81.5 cm³/mol. The second kappa shape index (κ2) is 6.42. The molecule has 0 aliphatic carbocycles. The molecule has 0 bridgehead atoms. The lowest BCUT2D eigenvalue weighted by Gasteiger charge is -2.22. The van der Waals surface area contributed by atoms with Crippen LogP contribution in [-0.4, -0.2) is 39.9 Å². The van der Waals surface area contributed by atoms with Crippen LogP contribution in [0, 0.1) is 5.92 Å². The molecule has 0 saturated heterocycles. The molecule has 4 N–H and O–H groups in total. The summed E-state index contributed by atoms with van der Waals surface area (Å²) in [6.45, 7) is 3.84. The van der Waals surface area contributed by atoms with Crippen molar-refractivity contribution in [1.29, 1.82) is 0 Å². The summed E-state index contributed by atoms with van der Waals surface area (Å²) >= 11 is 0. The van der Waals surface area contributed by atoms with Crippen LogP contribution < -0.4 is 16.3 Å². The summed E-state index contributed by atoms with van der Waals surface area (Å²) in [4.78, 5) is 44.5. The van der Waals surface area contributed by atoms with Crippen LogP contribution in [0.4, 0.5) is 0 Å². The largest absolute Gasteiger partial charge is 0.357 e. The number of H-pyrrole nitrogens is 2. The Morgan fingerprint density at radius 3 is 2.73 bits per heavy atom. The number of fused-ring (bicyclic) bond motifs is 1. The normalized spacial score (nSPS) is 13.6. The maximum atomic E-state index is 12.3. The standard InChI is InChI=1S/C14H19N5O3/c1-4-7(2)10(13(21)15-3)18-12(20)8-5-9-11(16-6-8)19-14(22)17-9/h5-7,10H,4H2,1-3H3,(H,15,21)(H,18,20)(H2,16,17,19,22)/t7-,10-/m0/s1. The van der Waals surface area contributed by atoms with Gasteiger partial charge in [-0.25, -0.2) is 9.78 Å². The number of nitrogens with one attached hydrogen (secondary N) is 4. The molecule has 0 fully saturated rings. The maximum absolute atomic E-state index is 12.3. The highest BCUT2D eigenvalue weighted by atomic mass is 16.2. The number of aromatic amines is 2. The number of nitrogens with zero attached hydrogens (tertiary/aromatic N) is 1. The van der Waals surface area contributed by atoms with Crippen LogP contribution >= 0.6 is 0 Å². The molecule has 2 atom stereocenters. The van der Waals surface area contributed by atoms with Gasteiger partial charge in [-0.15, -0.1) is 0 Å². The summed E-state index contributed by atoms with van der Waals surface area (Å²) in [6.07, 6.45) is 2.11. The first kappa shape index (κ1) is 15.7. The average Bonchev–Trinajstić information content (AvgIpc) is 2.89. The molecule has 118 valence electrons. The van der Waals surface area contributed by atoms with Gasteiger partial charge in [-0.05, 0) is 12.0 Å². The second-order valence-corrected chi connectivity index (χ2v) is 5.15. The zero-order chi connectivity index (χ0) is 16.3. The number of pyridine rings is 1. The van der Waals surface area contributed by atoms with E-state index in [2.05, 4.69) is 25.6 Å². The van der Waals surface area contributed by atoms with E-state index in [1.54, 1.807) is 0 Å². The summed E-state index contributed by atoms with van der Waals surface area (Å²) in [5.41, 5.74) is 0.715. The van der Waals surface area contributed by atoms with Crippen molar-refractivity contribution in [2.75, 3.05) is 7.05 Å². The van der Waals surface area contributed by atoms with Gasteiger partial charge in [0, 0.05) is 13.2 Å². The molecule has 0 aliphatic rings.